The van der Waals surface area contributed by atoms with Crippen LogP contribution < -0.4 is 0 Å². The minimum atomic E-state index is 0.819. The van der Waals surface area contributed by atoms with Gasteiger partial charge in [-0.05, 0) is 19.1 Å². The molecule has 0 unspecified atom stereocenters. The average molecular weight is 164 g/mol. The van der Waals surface area contributed by atoms with E-state index in [1.807, 2.05) is 19.1 Å². The second-order valence-corrected chi connectivity index (χ2v) is 3.37. The number of hydrogen-bond donors (Lipinski definition) is 0. The van der Waals surface area contributed by atoms with Gasteiger partial charge >= 0.3 is 0 Å². The van der Waals surface area contributed by atoms with Crippen molar-refractivity contribution in [2.24, 2.45) is 0 Å². The van der Waals surface area contributed by atoms with Gasteiger partial charge in [0.05, 0.1) is 6.26 Å². The van der Waals surface area contributed by atoms with Gasteiger partial charge in [-0.15, -0.1) is 11.3 Å². The maximum atomic E-state index is 5.16. The van der Waals surface area contributed by atoms with Crippen LogP contribution in [0.5, 0.6) is 0 Å². The topological polar surface area (TPSA) is 26.0 Å². The number of nitrogens with zero attached hydrogens (tertiary/aromatic N) is 1. The summed E-state index contributed by atoms with van der Waals surface area (Å²) in [5, 5.41) is 0.896. The largest absolute Gasteiger partial charge is 0.462 e. The van der Waals surface area contributed by atoms with Gasteiger partial charge in [-0.3, -0.25) is 0 Å². The van der Waals surface area contributed by atoms with E-state index in [2.05, 4.69) is 11.2 Å². The Hall–Kier alpha value is -1.09. The van der Waals surface area contributed by atoms with Crippen LogP contribution in [-0.4, -0.2) is 4.98 Å². The van der Waals surface area contributed by atoms with Crippen LogP contribution in [0, 0.1) is 13.1 Å². The lowest BCUT2D eigenvalue weighted by atomic mass is 10.5. The first kappa shape index (κ1) is 6.61. The summed E-state index contributed by atoms with van der Waals surface area (Å²) in [6.07, 6.45) is 4.51. The summed E-state index contributed by atoms with van der Waals surface area (Å²) in [4.78, 5) is 5.14. The summed E-state index contributed by atoms with van der Waals surface area (Å²) >= 11 is 1.59. The molecule has 11 heavy (non-hydrogen) atoms. The molecule has 0 amide bonds. The van der Waals surface area contributed by atoms with Gasteiger partial charge in [-0.2, -0.15) is 0 Å². The molecule has 0 saturated carbocycles. The van der Waals surface area contributed by atoms with Gasteiger partial charge in [0, 0.05) is 4.88 Å². The average Bonchev–Trinajstić information content (AvgIpc) is 2.55. The Morgan fingerprint density at radius 1 is 1.64 bits per heavy atom. The van der Waals surface area contributed by atoms with Crippen LogP contribution >= 0.6 is 11.3 Å². The Kier molecular flexibility index (Phi) is 1.51. The highest BCUT2D eigenvalue weighted by atomic mass is 32.1. The van der Waals surface area contributed by atoms with E-state index in [1.165, 1.54) is 0 Å². The molecule has 2 aromatic heterocycles. The summed E-state index contributed by atoms with van der Waals surface area (Å²) in [6, 6.07) is 3.75. The van der Waals surface area contributed by atoms with Gasteiger partial charge in [-0.25, -0.2) is 4.98 Å². The summed E-state index contributed by atoms with van der Waals surface area (Å²) in [5.74, 6) is 0.819. The molecule has 2 heterocycles. The number of aryl methyl sites for hydroxylation is 1. The van der Waals surface area contributed by atoms with Crippen molar-refractivity contribution in [3.8, 4) is 10.8 Å². The molecule has 0 aliphatic rings. The minimum absolute atomic E-state index is 0.819. The molecular weight excluding hydrogens is 158 g/mol. The zero-order valence-corrected chi connectivity index (χ0v) is 6.81. The van der Waals surface area contributed by atoms with Crippen molar-refractivity contribution >= 4 is 11.3 Å². The lowest BCUT2D eigenvalue weighted by molar-refractivity contribution is 0.582. The summed E-state index contributed by atoms with van der Waals surface area (Å²) in [7, 11) is 0. The Balaban J connectivity index is 2.45. The molecule has 2 aromatic rings. The van der Waals surface area contributed by atoms with E-state index in [0.29, 0.717) is 0 Å². The number of hydrogen-bond acceptors (Lipinski definition) is 3. The SMILES string of the molecule is Cc1[c]nc(-c2ccco2)s1. The lowest BCUT2D eigenvalue weighted by Gasteiger charge is -1.84. The monoisotopic (exact) mass is 164 g/mol. The Morgan fingerprint density at radius 3 is 3.09 bits per heavy atom. The fourth-order valence-electron chi connectivity index (χ4n) is 0.826. The molecule has 0 aliphatic heterocycles. The van der Waals surface area contributed by atoms with Crippen molar-refractivity contribution < 1.29 is 4.42 Å². The van der Waals surface area contributed by atoms with Gasteiger partial charge in [0.2, 0.25) is 0 Å². The molecule has 3 heteroatoms. The van der Waals surface area contributed by atoms with Crippen molar-refractivity contribution in [2.45, 2.75) is 6.92 Å². The third-order valence-electron chi connectivity index (χ3n) is 1.30. The Labute approximate surface area is 68.5 Å². The van der Waals surface area contributed by atoms with Crippen LogP contribution in [0.4, 0.5) is 0 Å². The van der Waals surface area contributed by atoms with Gasteiger partial charge in [0.25, 0.3) is 0 Å². The zero-order valence-electron chi connectivity index (χ0n) is 6.00. The molecule has 2 rings (SSSR count). The van der Waals surface area contributed by atoms with Crippen molar-refractivity contribution in [3.63, 3.8) is 0 Å². The molecule has 0 spiro atoms. The van der Waals surface area contributed by atoms with Crippen LogP contribution in [0.15, 0.2) is 22.8 Å². The van der Waals surface area contributed by atoms with Gasteiger partial charge < -0.3 is 4.42 Å². The maximum absolute atomic E-state index is 5.16. The second kappa shape index (κ2) is 2.51. The predicted molar refractivity (Wildman–Crippen MR) is 43.4 cm³/mol. The standard InChI is InChI=1S/C8H6NOS/c1-6-5-9-8(11-6)7-3-2-4-10-7/h2-4H,1H3. The molecule has 55 valence electrons. The zero-order chi connectivity index (χ0) is 7.68. The van der Waals surface area contributed by atoms with Crippen LogP contribution in [0.3, 0.4) is 0 Å². The molecule has 0 fully saturated rings. The fraction of sp³-hybridized carbons (Fsp3) is 0.125. The van der Waals surface area contributed by atoms with E-state index in [1.54, 1.807) is 17.6 Å². The highest BCUT2D eigenvalue weighted by molar-refractivity contribution is 7.14. The number of rotatable bonds is 1. The molecule has 0 atom stereocenters. The van der Waals surface area contributed by atoms with Crippen LogP contribution in [0.25, 0.3) is 10.8 Å². The normalized spacial score (nSPS) is 10.3. The highest BCUT2D eigenvalue weighted by Crippen LogP contribution is 2.23. The first-order chi connectivity index (χ1) is 5.36. The molecule has 2 nitrogen and oxygen atoms in total. The maximum Gasteiger partial charge on any atom is 0.162 e. The van der Waals surface area contributed by atoms with E-state index in [0.717, 1.165) is 15.6 Å². The summed E-state index contributed by atoms with van der Waals surface area (Å²) in [6.45, 7) is 1.98. The van der Waals surface area contributed by atoms with Crippen molar-refractivity contribution in [2.75, 3.05) is 0 Å². The molecule has 1 radical (unpaired) electrons. The number of aromatic nitrogens is 1. The summed E-state index contributed by atoms with van der Waals surface area (Å²) < 4.78 is 5.16. The molecular formula is C8H6NOS. The molecule has 0 bridgehead atoms. The fourth-order valence-corrected chi connectivity index (χ4v) is 1.52. The Morgan fingerprint density at radius 2 is 2.55 bits per heavy atom. The van der Waals surface area contributed by atoms with Crippen molar-refractivity contribution in [1.29, 1.82) is 0 Å². The van der Waals surface area contributed by atoms with Crippen molar-refractivity contribution in [1.82, 2.24) is 4.98 Å². The molecule has 0 aromatic carbocycles. The Bertz CT molecular complexity index is 337. The van der Waals surface area contributed by atoms with E-state index in [4.69, 9.17) is 4.42 Å². The van der Waals surface area contributed by atoms with Gasteiger partial charge in [0.15, 0.2) is 10.8 Å². The third kappa shape index (κ3) is 1.19. The van der Waals surface area contributed by atoms with Crippen LogP contribution in [0.1, 0.15) is 4.88 Å². The second-order valence-electron chi connectivity index (χ2n) is 2.16. The smallest absolute Gasteiger partial charge is 0.162 e. The van der Waals surface area contributed by atoms with Crippen molar-refractivity contribution in [3.05, 3.63) is 29.5 Å². The predicted octanol–water partition coefficient (Wildman–Crippen LogP) is 2.51. The van der Waals surface area contributed by atoms with E-state index < -0.39 is 0 Å². The van der Waals surface area contributed by atoms with E-state index in [-0.39, 0.29) is 0 Å². The van der Waals surface area contributed by atoms with E-state index >= 15 is 0 Å². The molecule has 0 saturated heterocycles. The minimum Gasteiger partial charge on any atom is -0.462 e. The third-order valence-corrected chi connectivity index (χ3v) is 2.18. The number of furan rings is 1. The summed E-state index contributed by atoms with van der Waals surface area (Å²) in [5.41, 5.74) is 0. The van der Waals surface area contributed by atoms with Gasteiger partial charge in [-0.1, -0.05) is 0 Å². The first-order valence-electron chi connectivity index (χ1n) is 3.25. The quantitative estimate of drug-likeness (QED) is 0.647. The lowest BCUT2D eigenvalue weighted by Crippen LogP contribution is -1.66. The van der Waals surface area contributed by atoms with Crippen LogP contribution in [0.2, 0.25) is 0 Å². The van der Waals surface area contributed by atoms with Gasteiger partial charge in [0.1, 0.15) is 6.20 Å². The first-order valence-corrected chi connectivity index (χ1v) is 4.07. The van der Waals surface area contributed by atoms with E-state index in [9.17, 15) is 0 Å². The van der Waals surface area contributed by atoms with Crippen LogP contribution in [-0.2, 0) is 0 Å². The highest BCUT2D eigenvalue weighted by Gasteiger charge is 2.03. The molecule has 0 N–H and O–H groups in total. The number of thiazole rings is 1. The molecule has 0 aliphatic carbocycles.